The molecule has 3 rings (SSSR count). The molecule has 1 amide bonds. The molecule has 0 bridgehead atoms. The third-order valence-electron chi connectivity index (χ3n) is 4.61. The van der Waals surface area contributed by atoms with Gasteiger partial charge in [0.2, 0.25) is 5.91 Å². The molecular formula is C19H24N2OS. The Balaban J connectivity index is 1.67. The van der Waals surface area contributed by atoms with E-state index in [0.717, 1.165) is 5.56 Å². The van der Waals surface area contributed by atoms with E-state index in [1.54, 1.807) is 11.3 Å². The lowest BCUT2D eigenvalue weighted by Gasteiger charge is -2.25. The molecule has 1 saturated carbocycles. The number of hydrogen-bond donors (Lipinski definition) is 1. The van der Waals surface area contributed by atoms with Crippen LogP contribution in [0, 0.1) is 0 Å². The maximum Gasteiger partial charge on any atom is 0.234 e. The van der Waals surface area contributed by atoms with E-state index < -0.39 is 0 Å². The van der Waals surface area contributed by atoms with Gasteiger partial charge in [0.05, 0.1) is 12.6 Å². The van der Waals surface area contributed by atoms with Crippen LogP contribution in [0.3, 0.4) is 0 Å². The maximum atomic E-state index is 12.5. The third-order valence-corrected chi connectivity index (χ3v) is 5.54. The second-order valence-corrected chi connectivity index (χ2v) is 7.26. The molecule has 1 fully saturated rings. The number of thiophene rings is 1. The van der Waals surface area contributed by atoms with E-state index in [0.29, 0.717) is 12.6 Å². The van der Waals surface area contributed by atoms with Crippen molar-refractivity contribution in [1.29, 1.82) is 0 Å². The van der Waals surface area contributed by atoms with Crippen LogP contribution in [0.4, 0.5) is 0 Å². The molecule has 0 radical (unpaired) electrons. The number of benzene rings is 1. The molecule has 1 aliphatic carbocycles. The summed E-state index contributed by atoms with van der Waals surface area (Å²) >= 11 is 1.68. The van der Waals surface area contributed by atoms with Crippen molar-refractivity contribution in [1.82, 2.24) is 10.2 Å². The molecular weight excluding hydrogens is 304 g/mol. The van der Waals surface area contributed by atoms with Crippen LogP contribution < -0.4 is 5.32 Å². The van der Waals surface area contributed by atoms with Gasteiger partial charge in [0, 0.05) is 10.9 Å². The molecule has 3 nitrogen and oxygen atoms in total. The first-order valence-electron chi connectivity index (χ1n) is 8.32. The highest BCUT2D eigenvalue weighted by Gasteiger charge is 2.23. The number of amides is 1. The van der Waals surface area contributed by atoms with Crippen molar-refractivity contribution in [2.45, 2.75) is 37.8 Å². The molecule has 1 N–H and O–H groups in total. The van der Waals surface area contributed by atoms with Crippen LogP contribution in [0.25, 0.3) is 0 Å². The zero-order valence-electron chi connectivity index (χ0n) is 13.6. The monoisotopic (exact) mass is 328 g/mol. The zero-order chi connectivity index (χ0) is 16.1. The van der Waals surface area contributed by atoms with Crippen LogP contribution >= 0.6 is 11.3 Å². The second kappa shape index (κ2) is 7.75. The van der Waals surface area contributed by atoms with Crippen LogP contribution in [0.15, 0.2) is 47.8 Å². The van der Waals surface area contributed by atoms with Gasteiger partial charge in [0.15, 0.2) is 0 Å². The highest BCUT2D eigenvalue weighted by Crippen LogP contribution is 2.26. The van der Waals surface area contributed by atoms with Crippen molar-refractivity contribution >= 4 is 17.2 Å². The number of nitrogens with one attached hydrogen (secondary N) is 1. The predicted molar refractivity (Wildman–Crippen MR) is 95.6 cm³/mol. The minimum atomic E-state index is -0.0549. The van der Waals surface area contributed by atoms with Crippen LogP contribution in [0.2, 0.25) is 0 Å². The lowest BCUT2D eigenvalue weighted by atomic mass is 10.1. The molecule has 122 valence electrons. The zero-order valence-corrected chi connectivity index (χ0v) is 14.4. The molecule has 2 aromatic rings. The van der Waals surface area contributed by atoms with Crippen LogP contribution in [0.1, 0.15) is 42.2 Å². The molecule has 1 aromatic heterocycles. The van der Waals surface area contributed by atoms with Gasteiger partial charge in [-0.25, -0.2) is 0 Å². The van der Waals surface area contributed by atoms with Crippen molar-refractivity contribution in [2.24, 2.45) is 0 Å². The van der Waals surface area contributed by atoms with E-state index >= 15 is 0 Å². The fraction of sp³-hybridized carbons (Fsp3) is 0.421. The summed E-state index contributed by atoms with van der Waals surface area (Å²) in [5.41, 5.74) is 1.13. The average molecular weight is 328 g/mol. The van der Waals surface area contributed by atoms with Crippen LogP contribution in [0.5, 0.6) is 0 Å². The average Bonchev–Trinajstić information content (AvgIpc) is 3.26. The molecule has 4 heteroatoms. The van der Waals surface area contributed by atoms with Gasteiger partial charge in [-0.05, 0) is 36.9 Å². The van der Waals surface area contributed by atoms with Crippen LogP contribution in [-0.2, 0) is 4.79 Å². The molecule has 1 aromatic carbocycles. The van der Waals surface area contributed by atoms with Gasteiger partial charge >= 0.3 is 0 Å². The van der Waals surface area contributed by atoms with E-state index in [2.05, 4.69) is 40.8 Å². The Morgan fingerprint density at radius 2 is 1.96 bits per heavy atom. The Morgan fingerprint density at radius 1 is 1.22 bits per heavy atom. The minimum absolute atomic E-state index is 0.0549. The summed E-state index contributed by atoms with van der Waals surface area (Å²) in [6, 6.07) is 14.8. The number of nitrogens with zero attached hydrogens (tertiary/aromatic N) is 1. The van der Waals surface area contributed by atoms with Gasteiger partial charge in [0.1, 0.15) is 0 Å². The molecule has 0 saturated heterocycles. The number of carbonyl (C=O) groups is 1. The lowest BCUT2D eigenvalue weighted by Crippen LogP contribution is -2.41. The Hall–Kier alpha value is -1.65. The summed E-state index contributed by atoms with van der Waals surface area (Å²) in [4.78, 5) is 15.9. The Bertz CT molecular complexity index is 606. The van der Waals surface area contributed by atoms with Gasteiger partial charge < -0.3 is 5.32 Å². The van der Waals surface area contributed by atoms with Crippen molar-refractivity contribution in [3.8, 4) is 0 Å². The first-order chi connectivity index (χ1) is 11.2. The van der Waals surface area contributed by atoms with Crippen molar-refractivity contribution in [3.63, 3.8) is 0 Å². The summed E-state index contributed by atoms with van der Waals surface area (Å²) in [5, 5.41) is 5.28. The van der Waals surface area contributed by atoms with E-state index in [9.17, 15) is 4.79 Å². The first-order valence-corrected chi connectivity index (χ1v) is 9.20. The van der Waals surface area contributed by atoms with E-state index in [4.69, 9.17) is 0 Å². The molecule has 1 heterocycles. The van der Waals surface area contributed by atoms with Crippen molar-refractivity contribution in [3.05, 3.63) is 58.3 Å². The highest BCUT2D eigenvalue weighted by atomic mass is 32.1. The second-order valence-electron chi connectivity index (χ2n) is 6.28. The Morgan fingerprint density at radius 3 is 2.61 bits per heavy atom. The van der Waals surface area contributed by atoms with Crippen LogP contribution in [-0.4, -0.2) is 30.4 Å². The fourth-order valence-corrected chi connectivity index (χ4v) is 4.13. The lowest BCUT2D eigenvalue weighted by molar-refractivity contribution is -0.122. The molecule has 1 atom stereocenters. The highest BCUT2D eigenvalue weighted by molar-refractivity contribution is 7.10. The number of hydrogen-bond acceptors (Lipinski definition) is 3. The van der Waals surface area contributed by atoms with Gasteiger partial charge in [-0.2, -0.15) is 0 Å². The van der Waals surface area contributed by atoms with E-state index in [1.165, 1.54) is 30.6 Å². The number of rotatable bonds is 6. The fourth-order valence-electron chi connectivity index (χ4n) is 3.33. The largest absolute Gasteiger partial charge is 0.343 e. The summed E-state index contributed by atoms with van der Waals surface area (Å²) in [7, 11) is 2.07. The van der Waals surface area contributed by atoms with Gasteiger partial charge in [-0.1, -0.05) is 49.2 Å². The summed E-state index contributed by atoms with van der Waals surface area (Å²) in [6.07, 6.45) is 5.02. The number of likely N-dealkylation sites (N-methyl/N-ethyl adjacent to an activating group) is 1. The molecule has 1 unspecified atom stereocenters. The topological polar surface area (TPSA) is 32.3 Å². The summed E-state index contributed by atoms with van der Waals surface area (Å²) in [5.74, 6) is 0.0988. The van der Waals surface area contributed by atoms with Crippen molar-refractivity contribution in [2.75, 3.05) is 13.6 Å². The molecule has 0 spiro atoms. The molecule has 23 heavy (non-hydrogen) atoms. The van der Waals surface area contributed by atoms with E-state index in [-0.39, 0.29) is 11.9 Å². The minimum Gasteiger partial charge on any atom is -0.343 e. The Labute approximate surface area is 142 Å². The quantitative estimate of drug-likeness (QED) is 0.874. The number of carbonyl (C=O) groups excluding carboxylic acids is 1. The smallest absolute Gasteiger partial charge is 0.234 e. The normalized spacial score (nSPS) is 16.6. The van der Waals surface area contributed by atoms with E-state index in [1.807, 2.05) is 24.3 Å². The maximum absolute atomic E-state index is 12.5. The predicted octanol–water partition coefficient (Wildman–Crippen LogP) is 3.83. The van der Waals surface area contributed by atoms with Gasteiger partial charge in [-0.15, -0.1) is 11.3 Å². The van der Waals surface area contributed by atoms with Gasteiger partial charge in [-0.3, -0.25) is 9.69 Å². The Kier molecular flexibility index (Phi) is 5.47. The van der Waals surface area contributed by atoms with Gasteiger partial charge in [0.25, 0.3) is 0 Å². The molecule has 1 aliphatic rings. The molecule has 0 aliphatic heterocycles. The SMILES string of the molecule is CN(CC(=O)NC(c1ccccc1)c1cccs1)C1CCCC1. The summed E-state index contributed by atoms with van der Waals surface area (Å²) < 4.78 is 0. The first kappa shape index (κ1) is 16.2. The summed E-state index contributed by atoms with van der Waals surface area (Å²) in [6.45, 7) is 0.472. The third kappa shape index (κ3) is 4.21. The van der Waals surface area contributed by atoms with Crippen molar-refractivity contribution < 1.29 is 4.79 Å². The standard InChI is InChI=1S/C19H24N2OS/c1-21(16-10-5-6-11-16)14-18(22)20-19(17-12-7-13-23-17)15-8-3-2-4-9-15/h2-4,7-9,12-13,16,19H,5-6,10-11,14H2,1H3,(H,20,22).